The Bertz CT molecular complexity index is 429. The molecule has 0 N–H and O–H groups in total. The summed E-state index contributed by atoms with van der Waals surface area (Å²) in [6.07, 6.45) is 0. The molecule has 0 spiro atoms. The van der Waals surface area contributed by atoms with Gasteiger partial charge in [-0.1, -0.05) is 12.1 Å². The van der Waals surface area contributed by atoms with Gasteiger partial charge in [-0.15, -0.1) is 0 Å². The van der Waals surface area contributed by atoms with Crippen LogP contribution in [-0.2, 0) is 0 Å². The lowest BCUT2D eigenvalue weighted by Gasteiger charge is -1.97. The molecular weight excluding hydrogens is 202 g/mol. The number of hydrogen-bond acceptors (Lipinski definition) is 4. The molecule has 0 atom stereocenters. The summed E-state index contributed by atoms with van der Waals surface area (Å²) in [5.74, 6) is 0.758. The van der Waals surface area contributed by atoms with Crippen molar-refractivity contribution >= 4 is 38.6 Å². The Morgan fingerprint density at radius 2 is 1.77 bits per heavy atom. The van der Waals surface area contributed by atoms with Crippen molar-refractivity contribution in [3.05, 3.63) is 24.3 Å². The summed E-state index contributed by atoms with van der Waals surface area (Å²) in [5.41, 5.74) is 1.85. The molecular formula is C8H4N3S2. The van der Waals surface area contributed by atoms with Gasteiger partial charge in [0.25, 0.3) is 0 Å². The van der Waals surface area contributed by atoms with Gasteiger partial charge in [-0.05, 0) is 22.9 Å². The maximum atomic E-state index is 4.44. The largest absolute Gasteiger partial charge is 0.235 e. The number of fused-ring (bicyclic) bond motifs is 2. The minimum absolute atomic E-state index is 0.758. The lowest BCUT2D eigenvalue weighted by Crippen LogP contribution is -1.89. The zero-order chi connectivity index (χ0) is 8.67. The molecule has 1 aliphatic heterocycles. The Kier molecular flexibility index (Phi) is 1.60. The van der Waals surface area contributed by atoms with E-state index in [9.17, 15) is 0 Å². The first kappa shape index (κ1) is 7.46. The van der Waals surface area contributed by atoms with Crippen molar-refractivity contribution in [2.24, 2.45) is 0 Å². The molecule has 1 radical (unpaired) electrons. The zero-order valence-electron chi connectivity index (χ0n) is 6.47. The van der Waals surface area contributed by atoms with Crippen molar-refractivity contribution in [1.29, 1.82) is 0 Å². The summed E-state index contributed by atoms with van der Waals surface area (Å²) < 4.78 is 4.16. The van der Waals surface area contributed by atoms with E-state index in [1.807, 2.05) is 24.3 Å². The summed E-state index contributed by atoms with van der Waals surface area (Å²) in [5, 5.41) is 0.920. The topological polar surface area (TPSA) is 39.9 Å². The van der Waals surface area contributed by atoms with Gasteiger partial charge in [0.1, 0.15) is 0 Å². The smallest absolute Gasteiger partial charge is 0.195 e. The molecule has 1 aromatic heterocycles. The number of nitrogens with zero attached hydrogens (tertiary/aromatic N) is 3. The van der Waals surface area contributed by atoms with E-state index < -0.39 is 0 Å². The van der Waals surface area contributed by atoms with Gasteiger partial charge >= 0.3 is 0 Å². The van der Waals surface area contributed by atoms with Gasteiger partial charge in [-0.2, -0.15) is 4.72 Å². The van der Waals surface area contributed by atoms with E-state index in [4.69, 9.17) is 0 Å². The Morgan fingerprint density at radius 3 is 2.62 bits per heavy atom. The normalized spacial score (nSPS) is 14.2. The highest BCUT2D eigenvalue weighted by Crippen LogP contribution is 2.42. The van der Waals surface area contributed by atoms with E-state index in [0.717, 1.165) is 21.9 Å². The van der Waals surface area contributed by atoms with Crippen LogP contribution in [-0.4, -0.2) is 9.97 Å². The van der Waals surface area contributed by atoms with Crippen molar-refractivity contribution in [2.75, 3.05) is 0 Å². The van der Waals surface area contributed by atoms with Crippen LogP contribution in [0, 0.1) is 0 Å². The van der Waals surface area contributed by atoms with E-state index in [0.29, 0.717) is 0 Å². The van der Waals surface area contributed by atoms with E-state index >= 15 is 0 Å². The summed E-state index contributed by atoms with van der Waals surface area (Å²) in [4.78, 5) is 8.83. The first-order valence-electron chi connectivity index (χ1n) is 3.75. The third-order valence-electron chi connectivity index (χ3n) is 1.76. The van der Waals surface area contributed by atoms with E-state index in [1.165, 1.54) is 11.0 Å². The molecule has 13 heavy (non-hydrogen) atoms. The molecule has 0 aliphatic carbocycles. The fourth-order valence-electron chi connectivity index (χ4n) is 1.18. The monoisotopic (exact) mass is 206 g/mol. The number of aromatic nitrogens is 2. The summed E-state index contributed by atoms with van der Waals surface area (Å²) in [7, 11) is 2.99. The second-order valence-corrected chi connectivity index (χ2v) is 4.42. The minimum atomic E-state index is 0.758. The Hall–Kier alpha value is -0.940. The van der Waals surface area contributed by atoms with Crippen molar-refractivity contribution in [2.45, 2.75) is 5.03 Å². The number of benzene rings is 1. The average molecular weight is 206 g/mol. The maximum Gasteiger partial charge on any atom is 0.195 e. The molecule has 0 saturated carbocycles. The second kappa shape index (κ2) is 2.78. The summed E-state index contributed by atoms with van der Waals surface area (Å²) in [6.45, 7) is 0. The summed E-state index contributed by atoms with van der Waals surface area (Å²) >= 11 is 0. The van der Waals surface area contributed by atoms with Crippen LogP contribution in [0.5, 0.6) is 0 Å². The Morgan fingerprint density at radius 1 is 1.00 bits per heavy atom. The van der Waals surface area contributed by atoms with Crippen LogP contribution in [0.1, 0.15) is 0 Å². The standard InChI is InChI=1S/C8H4N3S2/c1-2-4-6-5(3-1)9-7-8(10-6)12-13-11-7/h1-4H. The van der Waals surface area contributed by atoms with Gasteiger partial charge in [0.2, 0.25) is 0 Å². The Labute approximate surface area is 82.9 Å². The van der Waals surface area contributed by atoms with Crippen LogP contribution in [0.4, 0.5) is 5.82 Å². The van der Waals surface area contributed by atoms with Gasteiger partial charge in [-0.25, -0.2) is 9.97 Å². The fraction of sp³-hybridized carbons (Fsp3) is 0. The predicted octanol–water partition coefficient (Wildman–Crippen LogP) is 2.53. The molecule has 3 nitrogen and oxygen atoms in total. The first-order chi connectivity index (χ1) is 6.43. The predicted molar refractivity (Wildman–Crippen MR) is 54.8 cm³/mol. The van der Waals surface area contributed by atoms with E-state index in [1.54, 1.807) is 10.8 Å². The second-order valence-electron chi connectivity index (χ2n) is 2.59. The highest BCUT2D eigenvalue weighted by molar-refractivity contribution is 8.76. The third-order valence-corrected chi connectivity index (χ3v) is 3.44. The SMILES string of the molecule is c1ccc2nc3c(nc2c1)[N]SS3. The van der Waals surface area contributed by atoms with E-state index in [2.05, 4.69) is 14.7 Å². The molecule has 2 aromatic rings. The third kappa shape index (κ3) is 1.15. The fourth-order valence-corrected chi connectivity index (χ4v) is 2.71. The quantitative estimate of drug-likeness (QED) is 0.490. The Balaban J connectivity index is 2.36. The van der Waals surface area contributed by atoms with Gasteiger partial charge in [-0.3, -0.25) is 0 Å². The highest BCUT2D eigenvalue weighted by Gasteiger charge is 2.17. The van der Waals surface area contributed by atoms with Gasteiger partial charge in [0.05, 0.1) is 22.0 Å². The molecule has 2 heterocycles. The maximum absolute atomic E-state index is 4.44. The summed E-state index contributed by atoms with van der Waals surface area (Å²) in [6, 6.07) is 7.84. The van der Waals surface area contributed by atoms with Crippen molar-refractivity contribution < 1.29 is 0 Å². The van der Waals surface area contributed by atoms with Gasteiger partial charge in [0.15, 0.2) is 10.8 Å². The average Bonchev–Trinajstić information content (AvgIpc) is 2.61. The molecule has 0 saturated heterocycles. The zero-order valence-corrected chi connectivity index (χ0v) is 8.10. The molecule has 3 rings (SSSR count). The molecule has 0 unspecified atom stereocenters. The minimum Gasteiger partial charge on any atom is -0.235 e. The highest BCUT2D eigenvalue weighted by atomic mass is 33.1. The van der Waals surface area contributed by atoms with Crippen LogP contribution < -0.4 is 4.72 Å². The van der Waals surface area contributed by atoms with Crippen LogP contribution in [0.25, 0.3) is 11.0 Å². The van der Waals surface area contributed by atoms with Crippen LogP contribution in [0.15, 0.2) is 29.3 Å². The number of hydrogen-bond donors (Lipinski definition) is 0. The van der Waals surface area contributed by atoms with Crippen LogP contribution >= 0.6 is 21.8 Å². The first-order valence-corrected chi connectivity index (χ1v) is 5.86. The lowest BCUT2D eigenvalue weighted by atomic mass is 10.3. The van der Waals surface area contributed by atoms with Crippen molar-refractivity contribution in [3.8, 4) is 0 Å². The van der Waals surface area contributed by atoms with E-state index in [-0.39, 0.29) is 0 Å². The van der Waals surface area contributed by atoms with Crippen LogP contribution in [0.2, 0.25) is 0 Å². The van der Waals surface area contributed by atoms with Crippen molar-refractivity contribution in [3.63, 3.8) is 0 Å². The number of rotatable bonds is 0. The van der Waals surface area contributed by atoms with Crippen molar-refractivity contribution in [1.82, 2.24) is 14.7 Å². The molecule has 1 aromatic carbocycles. The number of para-hydroxylation sites is 2. The van der Waals surface area contributed by atoms with Gasteiger partial charge in [0, 0.05) is 0 Å². The van der Waals surface area contributed by atoms with Crippen LogP contribution in [0.3, 0.4) is 0 Å². The van der Waals surface area contributed by atoms with Gasteiger partial charge < -0.3 is 0 Å². The molecule has 63 valence electrons. The molecule has 1 aliphatic rings. The molecule has 5 heteroatoms. The molecule has 0 fully saturated rings. The molecule has 0 amide bonds. The lowest BCUT2D eigenvalue weighted by molar-refractivity contribution is 1.08. The molecule has 0 bridgehead atoms.